The molecule has 0 spiro atoms. The van der Waals surface area contributed by atoms with Gasteiger partial charge in [-0.05, 0) is 50.4 Å². The number of piperidine rings is 2. The minimum absolute atomic E-state index is 0.237. The van der Waals surface area contributed by atoms with Gasteiger partial charge in [0.15, 0.2) is 11.5 Å². The number of aromatic nitrogens is 4. The quantitative estimate of drug-likeness (QED) is 0.459. The molecular formula is C21H24F3N7O4S. The number of alkyl halides is 3. The Bertz CT molecular complexity index is 1420. The van der Waals surface area contributed by atoms with Gasteiger partial charge in [-0.1, -0.05) is 6.07 Å². The molecule has 3 fully saturated rings. The van der Waals surface area contributed by atoms with E-state index in [0.717, 1.165) is 37.1 Å². The molecule has 4 N–H and O–H groups in total. The summed E-state index contributed by atoms with van der Waals surface area (Å²) in [5, 5.41) is 11.3. The summed E-state index contributed by atoms with van der Waals surface area (Å²) in [5.74, 6) is -1.91. The summed E-state index contributed by atoms with van der Waals surface area (Å²) in [6.45, 7) is 3.71. The Labute approximate surface area is 204 Å². The maximum absolute atomic E-state index is 13.2. The number of nitrogens with zero attached hydrogens (tertiary/aromatic N) is 5. The monoisotopic (exact) mass is 527 g/mol. The summed E-state index contributed by atoms with van der Waals surface area (Å²) in [6.07, 6.45) is -0.286. The van der Waals surface area contributed by atoms with Crippen LogP contribution >= 0.6 is 0 Å². The average molecular weight is 528 g/mol. The van der Waals surface area contributed by atoms with Crippen molar-refractivity contribution in [3.8, 4) is 11.3 Å². The molecule has 1 aromatic carbocycles. The molecule has 2 aromatic heterocycles. The second-order valence-electron chi connectivity index (χ2n) is 9.16. The first-order chi connectivity index (χ1) is 16.7. The lowest BCUT2D eigenvalue weighted by Gasteiger charge is -2.55. The van der Waals surface area contributed by atoms with Gasteiger partial charge in [-0.15, -0.1) is 0 Å². The minimum Gasteiger partial charge on any atom is -0.475 e. The number of anilines is 1. The van der Waals surface area contributed by atoms with Gasteiger partial charge in [0.05, 0.1) is 16.8 Å². The van der Waals surface area contributed by atoms with E-state index in [0.29, 0.717) is 17.3 Å². The summed E-state index contributed by atoms with van der Waals surface area (Å²) in [7, 11) is -1.62. The van der Waals surface area contributed by atoms with Crippen LogP contribution < -0.4 is 10.5 Å². The molecule has 11 nitrogen and oxygen atoms in total. The second kappa shape index (κ2) is 8.97. The van der Waals surface area contributed by atoms with Crippen molar-refractivity contribution in [3.63, 3.8) is 0 Å². The zero-order valence-electron chi connectivity index (χ0n) is 19.3. The van der Waals surface area contributed by atoms with Crippen molar-refractivity contribution in [2.45, 2.75) is 36.4 Å². The van der Waals surface area contributed by atoms with Crippen LogP contribution in [0.15, 0.2) is 35.6 Å². The summed E-state index contributed by atoms with van der Waals surface area (Å²) >= 11 is 0. The standard InChI is InChI=1S/C19H23N7O2S.C2HF3O2/c1-12-3-4-14(29(27,28)24-19-6-13(7-19)9-25(2)10-19)5-15(12)16-8-21-18-17(20)22-11-23-26(16)18;3-2(4,5)1(6)7/h3-5,8,11,13,24H,6-7,9-10H2,1-2H3,(H2,20,22,23);(H,6,7). The van der Waals surface area contributed by atoms with Crippen LogP contribution in [0.4, 0.5) is 19.0 Å². The molecule has 0 amide bonds. The molecule has 194 valence electrons. The van der Waals surface area contributed by atoms with E-state index in [4.69, 9.17) is 15.6 Å². The van der Waals surface area contributed by atoms with Crippen LogP contribution in [0, 0.1) is 12.8 Å². The number of carboxylic acid groups (broad SMARTS) is 1. The molecule has 1 aliphatic carbocycles. The van der Waals surface area contributed by atoms with Gasteiger partial charge in [-0.25, -0.2) is 32.4 Å². The first-order valence-corrected chi connectivity index (χ1v) is 12.3. The van der Waals surface area contributed by atoms with Gasteiger partial charge in [0, 0.05) is 24.2 Å². The maximum Gasteiger partial charge on any atom is 0.490 e. The molecule has 6 rings (SSSR count). The fourth-order valence-corrected chi connectivity index (χ4v) is 6.29. The first kappa shape index (κ1) is 25.8. The van der Waals surface area contributed by atoms with Gasteiger partial charge in [0.2, 0.25) is 10.0 Å². The number of carbonyl (C=O) groups is 1. The number of sulfonamides is 1. The third kappa shape index (κ3) is 4.99. The van der Waals surface area contributed by atoms with Crippen LogP contribution in [0.2, 0.25) is 0 Å². The highest BCUT2D eigenvalue weighted by atomic mass is 32.2. The molecule has 1 saturated carbocycles. The number of nitrogens with two attached hydrogens (primary N) is 1. The third-order valence-corrected chi connectivity index (χ3v) is 7.80. The van der Waals surface area contributed by atoms with Crippen molar-refractivity contribution in [1.82, 2.24) is 29.2 Å². The van der Waals surface area contributed by atoms with E-state index >= 15 is 0 Å². The number of benzene rings is 1. The van der Waals surface area contributed by atoms with Crippen molar-refractivity contribution >= 4 is 27.5 Å². The SMILES string of the molecule is Cc1ccc(S(=O)(=O)NC23CC(CN(C)C2)C3)cc1-c1cnc2c(N)ncnn12.O=C(O)C(F)(F)F. The number of carboxylic acids is 1. The van der Waals surface area contributed by atoms with Crippen molar-refractivity contribution in [3.05, 3.63) is 36.3 Å². The van der Waals surface area contributed by atoms with Crippen LogP contribution in [0.3, 0.4) is 0 Å². The van der Waals surface area contributed by atoms with Gasteiger partial charge in [-0.3, -0.25) is 0 Å². The summed E-state index contributed by atoms with van der Waals surface area (Å²) in [5.41, 5.74) is 8.29. The van der Waals surface area contributed by atoms with Crippen LogP contribution in [0.25, 0.3) is 16.9 Å². The number of halogens is 3. The van der Waals surface area contributed by atoms with Crippen LogP contribution in [0.5, 0.6) is 0 Å². The highest BCUT2D eigenvalue weighted by molar-refractivity contribution is 7.89. The number of rotatable bonds is 4. The number of hydrogen-bond acceptors (Lipinski definition) is 8. The molecule has 0 atom stereocenters. The van der Waals surface area contributed by atoms with E-state index in [1.807, 2.05) is 20.0 Å². The second-order valence-corrected chi connectivity index (χ2v) is 10.8. The Kier molecular flexibility index (Phi) is 6.43. The molecule has 0 radical (unpaired) electrons. The van der Waals surface area contributed by atoms with E-state index in [1.54, 1.807) is 22.8 Å². The molecule has 2 aliphatic heterocycles. The van der Waals surface area contributed by atoms with Crippen molar-refractivity contribution in [2.75, 3.05) is 25.9 Å². The molecule has 3 aromatic rings. The highest BCUT2D eigenvalue weighted by Gasteiger charge is 2.51. The normalized spacial score (nSPS) is 22.0. The Hall–Kier alpha value is -3.30. The smallest absolute Gasteiger partial charge is 0.475 e. The minimum atomic E-state index is -5.08. The Morgan fingerprint density at radius 2 is 1.94 bits per heavy atom. The van der Waals surface area contributed by atoms with Crippen molar-refractivity contribution in [2.24, 2.45) is 5.92 Å². The van der Waals surface area contributed by atoms with Crippen LogP contribution in [0.1, 0.15) is 18.4 Å². The maximum atomic E-state index is 13.2. The number of fused-ring (bicyclic) bond motifs is 3. The van der Waals surface area contributed by atoms with Gasteiger partial charge in [-0.2, -0.15) is 18.3 Å². The molecule has 15 heteroatoms. The van der Waals surface area contributed by atoms with E-state index < -0.39 is 22.2 Å². The predicted molar refractivity (Wildman–Crippen MR) is 122 cm³/mol. The lowest BCUT2D eigenvalue weighted by Crippen LogP contribution is -2.68. The van der Waals surface area contributed by atoms with E-state index in [-0.39, 0.29) is 16.3 Å². The zero-order valence-corrected chi connectivity index (χ0v) is 20.1. The van der Waals surface area contributed by atoms with Gasteiger partial charge in [0.25, 0.3) is 0 Å². The third-order valence-electron chi connectivity index (χ3n) is 6.22. The molecule has 0 unspecified atom stereocenters. The predicted octanol–water partition coefficient (Wildman–Crippen LogP) is 1.69. The van der Waals surface area contributed by atoms with Crippen molar-refractivity contribution in [1.29, 1.82) is 0 Å². The number of imidazole rings is 1. The number of nitrogen functional groups attached to an aromatic ring is 1. The largest absolute Gasteiger partial charge is 0.490 e. The number of aryl methyl sites for hydroxylation is 1. The van der Waals surface area contributed by atoms with Crippen LogP contribution in [-0.4, -0.2) is 75.8 Å². The lowest BCUT2D eigenvalue weighted by molar-refractivity contribution is -0.192. The van der Waals surface area contributed by atoms with Crippen LogP contribution in [-0.2, 0) is 14.8 Å². The molecule has 36 heavy (non-hydrogen) atoms. The number of nitrogens with one attached hydrogen (secondary N) is 1. The number of aliphatic carboxylic acids is 1. The topological polar surface area (TPSA) is 156 Å². The molecule has 2 saturated heterocycles. The molecule has 2 bridgehead atoms. The summed E-state index contributed by atoms with van der Waals surface area (Å²) in [4.78, 5) is 19.6. The Balaban J connectivity index is 0.000000384. The zero-order chi connectivity index (χ0) is 26.5. The average Bonchev–Trinajstić information content (AvgIpc) is 3.17. The molecular weight excluding hydrogens is 503 g/mol. The van der Waals surface area contributed by atoms with Crippen molar-refractivity contribution < 1.29 is 31.5 Å². The van der Waals surface area contributed by atoms with Gasteiger partial charge in [0.1, 0.15) is 6.33 Å². The number of hydrogen-bond donors (Lipinski definition) is 3. The number of likely N-dealkylation sites (N-methyl/N-ethyl adjacent to an activating group) is 1. The summed E-state index contributed by atoms with van der Waals surface area (Å²) in [6, 6.07) is 5.13. The highest BCUT2D eigenvalue weighted by Crippen LogP contribution is 2.43. The fourth-order valence-electron chi connectivity index (χ4n) is 4.85. The van der Waals surface area contributed by atoms with E-state index in [9.17, 15) is 21.6 Å². The Morgan fingerprint density at radius 1 is 1.28 bits per heavy atom. The van der Waals surface area contributed by atoms with E-state index in [1.165, 1.54) is 6.33 Å². The molecule has 4 heterocycles. The lowest BCUT2D eigenvalue weighted by atomic mass is 9.65. The Morgan fingerprint density at radius 3 is 2.56 bits per heavy atom. The summed E-state index contributed by atoms with van der Waals surface area (Å²) < 4.78 is 62.7. The van der Waals surface area contributed by atoms with Gasteiger partial charge >= 0.3 is 12.1 Å². The first-order valence-electron chi connectivity index (χ1n) is 10.8. The fraction of sp³-hybridized carbons (Fsp3) is 0.429. The van der Waals surface area contributed by atoms with E-state index in [2.05, 4.69) is 24.7 Å². The molecule has 3 aliphatic rings. The van der Waals surface area contributed by atoms with Gasteiger partial charge < -0.3 is 15.7 Å².